The minimum atomic E-state index is -0.271. The number of guanidine groups is 1. The Morgan fingerprint density at radius 1 is 1.55 bits per heavy atom. The van der Waals surface area contributed by atoms with E-state index >= 15 is 0 Å². The molecular formula is C15H22FN3O. The summed E-state index contributed by atoms with van der Waals surface area (Å²) in [5, 5.41) is 12.8. The van der Waals surface area contributed by atoms with Crippen LogP contribution in [0.4, 0.5) is 4.39 Å². The van der Waals surface area contributed by atoms with Crippen LogP contribution >= 0.6 is 0 Å². The number of aliphatic hydroxyl groups excluding tert-OH is 1. The fourth-order valence-electron chi connectivity index (χ4n) is 2.33. The first-order valence-corrected chi connectivity index (χ1v) is 7.06. The summed E-state index contributed by atoms with van der Waals surface area (Å²) in [6.07, 6.45) is 0.506. The number of aryl methyl sites for hydroxylation is 1. The fourth-order valence-corrected chi connectivity index (χ4v) is 2.33. The lowest BCUT2D eigenvalue weighted by atomic mass is 10.1. The molecule has 2 N–H and O–H groups in total. The minimum Gasteiger partial charge on any atom is -0.391 e. The zero-order valence-corrected chi connectivity index (χ0v) is 12.1. The summed E-state index contributed by atoms with van der Waals surface area (Å²) < 4.78 is 13.2. The molecule has 0 bridgehead atoms. The van der Waals surface area contributed by atoms with Crippen molar-refractivity contribution in [3.8, 4) is 0 Å². The summed E-state index contributed by atoms with van der Waals surface area (Å²) in [5.74, 6) is 0.623. The zero-order chi connectivity index (χ0) is 14.5. The molecule has 0 aliphatic carbocycles. The molecule has 0 unspecified atom stereocenters. The third kappa shape index (κ3) is 3.70. The number of likely N-dealkylation sites (tertiary alicyclic amines) is 1. The molecule has 0 saturated carbocycles. The number of aliphatic hydroxyl groups is 1. The van der Waals surface area contributed by atoms with Crippen LogP contribution in [0, 0.1) is 12.7 Å². The molecule has 1 saturated heterocycles. The Morgan fingerprint density at radius 2 is 2.35 bits per heavy atom. The van der Waals surface area contributed by atoms with E-state index < -0.39 is 0 Å². The normalized spacial score (nSPS) is 19.5. The molecule has 20 heavy (non-hydrogen) atoms. The lowest BCUT2D eigenvalue weighted by Gasteiger charge is -2.21. The molecule has 1 aromatic carbocycles. The molecule has 0 spiro atoms. The van der Waals surface area contributed by atoms with Crippen molar-refractivity contribution in [2.75, 3.05) is 19.6 Å². The molecule has 1 aromatic rings. The van der Waals surface area contributed by atoms with E-state index in [9.17, 15) is 9.50 Å². The highest BCUT2D eigenvalue weighted by atomic mass is 19.1. The summed E-state index contributed by atoms with van der Waals surface area (Å²) in [7, 11) is 0. The highest BCUT2D eigenvalue weighted by Gasteiger charge is 2.22. The van der Waals surface area contributed by atoms with Gasteiger partial charge in [0.15, 0.2) is 5.96 Å². The Morgan fingerprint density at radius 3 is 2.95 bits per heavy atom. The Bertz CT molecular complexity index is 490. The molecule has 2 rings (SSSR count). The predicted octanol–water partition coefficient (Wildman–Crippen LogP) is 1.67. The van der Waals surface area contributed by atoms with Crippen LogP contribution in [0.2, 0.25) is 0 Å². The molecule has 1 aliphatic rings. The van der Waals surface area contributed by atoms with Crippen molar-refractivity contribution in [2.24, 2.45) is 4.99 Å². The first kappa shape index (κ1) is 14.8. The summed E-state index contributed by atoms with van der Waals surface area (Å²) in [4.78, 5) is 6.63. The van der Waals surface area contributed by atoms with Crippen molar-refractivity contribution in [1.82, 2.24) is 10.2 Å². The summed E-state index contributed by atoms with van der Waals surface area (Å²) in [5.41, 5.74) is 1.62. The Balaban J connectivity index is 2.06. The van der Waals surface area contributed by atoms with Crippen LogP contribution in [0.3, 0.4) is 0 Å². The van der Waals surface area contributed by atoms with Crippen LogP contribution in [0.15, 0.2) is 23.2 Å². The summed E-state index contributed by atoms with van der Waals surface area (Å²) >= 11 is 0. The lowest BCUT2D eigenvalue weighted by molar-refractivity contribution is 0.188. The van der Waals surface area contributed by atoms with Crippen molar-refractivity contribution >= 4 is 5.96 Å². The third-order valence-electron chi connectivity index (χ3n) is 3.43. The molecule has 1 fully saturated rings. The van der Waals surface area contributed by atoms with Crippen LogP contribution in [-0.4, -0.2) is 41.7 Å². The third-order valence-corrected chi connectivity index (χ3v) is 3.43. The zero-order valence-electron chi connectivity index (χ0n) is 12.1. The fraction of sp³-hybridized carbons (Fsp3) is 0.533. The van der Waals surface area contributed by atoms with Crippen LogP contribution in [0.1, 0.15) is 24.5 Å². The van der Waals surface area contributed by atoms with Crippen molar-refractivity contribution in [3.63, 3.8) is 0 Å². The van der Waals surface area contributed by atoms with Crippen molar-refractivity contribution < 1.29 is 9.50 Å². The monoisotopic (exact) mass is 279 g/mol. The SMILES string of the molecule is CCNC(=NCc1ccc(F)c(C)c1)N1CC[C@@H](O)C1. The number of hydrogen-bond acceptors (Lipinski definition) is 2. The molecule has 0 aromatic heterocycles. The van der Waals surface area contributed by atoms with E-state index in [4.69, 9.17) is 0 Å². The van der Waals surface area contributed by atoms with E-state index in [0.29, 0.717) is 18.7 Å². The van der Waals surface area contributed by atoms with Gasteiger partial charge in [-0.2, -0.15) is 0 Å². The molecule has 1 aliphatic heterocycles. The number of nitrogens with one attached hydrogen (secondary N) is 1. The van der Waals surface area contributed by atoms with Gasteiger partial charge >= 0.3 is 0 Å². The maximum Gasteiger partial charge on any atom is 0.194 e. The van der Waals surface area contributed by atoms with Gasteiger partial charge in [-0.05, 0) is 37.5 Å². The summed E-state index contributed by atoms with van der Waals surface area (Å²) in [6.45, 7) is 6.50. The number of nitrogens with zero attached hydrogens (tertiary/aromatic N) is 2. The molecule has 110 valence electrons. The number of aliphatic imine (C=N–C) groups is 1. The standard InChI is InChI=1S/C15H22FN3O/c1-3-17-15(19-7-6-13(20)10-19)18-9-12-4-5-14(16)11(2)8-12/h4-5,8,13,20H,3,6-7,9-10H2,1-2H3,(H,17,18)/t13-/m1/s1. The molecule has 4 nitrogen and oxygen atoms in total. The number of hydrogen-bond donors (Lipinski definition) is 2. The van der Waals surface area contributed by atoms with Gasteiger partial charge in [-0.25, -0.2) is 9.38 Å². The predicted molar refractivity (Wildman–Crippen MR) is 78.1 cm³/mol. The average molecular weight is 279 g/mol. The number of rotatable bonds is 3. The first-order chi connectivity index (χ1) is 9.60. The smallest absolute Gasteiger partial charge is 0.194 e. The van der Waals surface area contributed by atoms with E-state index in [1.165, 1.54) is 6.07 Å². The maximum atomic E-state index is 13.2. The van der Waals surface area contributed by atoms with E-state index in [0.717, 1.165) is 31.0 Å². The molecule has 1 atom stereocenters. The van der Waals surface area contributed by atoms with E-state index in [1.54, 1.807) is 13.0 Å². The van der Waals surface area contributed by atoms with Gasteiger partial charge in [0.2, 0.25) is 0 Å². The van der Waals surface area contributed by atoms with Gasteiger partial charge in [-0.3, -0.25) is 0 Å². The van der Waals surface area contributed by atoms with Crippen molar-refractivity contribution in [3.05, 3.63) is 35.1 Å². The van der Waals surface area contributed by atoms with Crippen molar-refractivity contribution in [2.45, 2.75) is 32.9 Å². The molecule has 1 heterocycles. The summed E-state index contributed by atoms with van der Waals surface area (Å²) in [6, 6.07) is 5.06. The highest BCUT2D eigenvalue weighted by Crippen LogP contribution is 2.12. The molecule has 5 heteroatoms. The van der Waals surface area contributed by atoms with Gasteiger partial charge in [-0.1, -0.05) is 12.1 Å². The quantitative estimate of drug-likeness (QED) is 0.653. The van der Waals surface area contributed by atoms with E-state index in [1.807, 2.05) is 13.0 Å². The second kappa shape index (κ2) is 6.70. The van der Waals surface area contributed by atoms with Gasteiger partial charge in [0.25, 0.3) is 0 Å². The highest BCUT2D eigenvalue weighted by molar-refractivity contribution is 5.80. The molecular weight excluding hydrogens is 257 g/mol. The van der Waals surface area contributed by atoms with E-state index in [2.05, 4.69) is 15.2 Å². The van der Waals surface area contributed by atoms with Gasteiger partial charge in [0.1, 0.15) is 5.82 Å². The average Bonchev–Trinajstić information content (AvgIpc) is 2.85. The van der Waals surface area contributed by atoms with E-state index in [-0.39, 0.29) is 11.9 Å². The van der Waals surface area contributed by atoms with Crippen molar-refractivity contribution in [1.29, 1.82) is 0 Å². The minimum absolute atomic E-state index is 0.188. The molecule has 0 radical (unpaired) electrons. The van der Waals surface area contributed by atoms with Gasteiger partial charge in [-0.15, -0.1) is 0 Å². The lowest BCUT2D eigenvalue weighted by Crippen LogP contribution is -2.40. The Hall–Kier alpha value is -1.62. The topological polar surface area (TPSA) is 47.9 Å². The molecule has 0 amide bonds. The van der Waals surface area contributed by atoms with Crippen LogP contribution in [-0.2, 0) is 6.54 Å². The van der Waals surface area contributed by atoms with Gasteiger partial charge in [0.05, 0.1) is 12.6 Å². The second-order valence-electron chi connectivity index (χ2n) is 5.14. The number of benzene rings is 1. The van der Waals surface area contributed by atoms with Gasteiger partial charge in [0, 0.05) is 19.6 Å². The largest absolute Gasteiger partial charge is 0.391 e. The number of β-amino-alcohol motifs (C(OH)–C–C–N with tert-alkyl or cyclic N) is 1. The Kier molecular flexibility index (Phi) is 4.95. The second-order valence-corrected chi connectivity index (χ2v) is 5.14. The van der Waals surface area contributed by atoms with Crippen LogP contribution < -0.4 is 5.32 Å². The maximum absolute atomic E-state index is 13.2. The van der Waals surface area contributed by atoms with Crippen LogP contribution in [0.25, 0.3) is 0 Å². The van der Waals surface area contributed by atoms with Crippen LogP contribution in [0.5, 0.6) is 0 Å². The first-order valence-electron chi connectivity index (χ1n) is 7.06. The van der Waals surface area contributed by atoms with Gasteiger partial charge < -0.3 is 15.3 Å². The Labute approximate surface area is 119 Å². The number of halogens is 1.